The summed E-state index contributed by atoms with van der Waals surface area (Å²) in [5.41, 5.74) is 3.63. The molecule has 1 rings (SSSR count). The third-order valence-electron chi connectivity index (χ3n) is 2.55. The molecule has 0 spiro atoms. The van der Waals surface area contributed by atoms with Gasteiger partial charge in [-0.2, -0.15) is 5.26 Å². The summed E-state index contributed by atoms with van der Waals surface area (Å²) in [5.74, 6) is 4.66. The maximum absolute atomic E-state index is 11.3. The van der Waals surface area contributed by atoms with Crippen molar-refractivity contribution in [2.75, 3.05) is 18.5 Å². The first-order valence-electron chi connectivity index (χ1n) is 5.30. The Balaban J connectivity index is 2.73. The second-order valence-electron chi connectivity index (χ2n) is 3.95. The lowest BCUT2D eigenvalue weighted by molar-refractivity contribution is -0.124. The van der Waals surface area contributed by atoms with Crippen LogP contribution in [0.4, 0.5) is 5.69 Å². The van der Waals surface area contributed by atoms with Crippen molar-refractivity contribution in [3.63, 3.8) is 0 Å². The lowest BCUT2D eigenvalue weighted by Gasteiger charge is -2.22. The van der Waals surface area contributed by atoms with Crippen molar-refractivity contribution in [3.8, 4) is 6.07 Å². The molecule has 1 unspecified atom stereocenters. The summed E-state index contributed by atoms with van der Waals surface area (Å²) in [5, 5.41) is 8.80. The van der Waals surface area contributed by atoms with Gasteiger partial charge in [0.2, 0.25) is 5.91 Å². The topological polar surface area (TPSA) is 82.2 Å². The highest BCUT2D eigenvalue weighted by Crippen LogP contribution is 2.15. The molecular formula is C12H16N4O. The minimum atomic E-state index is -0.212. The maximum atomic E-state index is 11.3. The number of amides is 1. The van der Waals surface area contributed by atoms with Crippen LogP contribution in [0.1, 0.15) is 12.5 Å². The fourth-order valence-electron chi connectivity index (χ4n) is 1.55. The molecule has 1 aromatic rings. The highest BCUT2D eigenvalue weighted by Gasteiger charge is 2.14. The maximum Gasteiger partial charge on any atom is 0.238 e. The Labute approximate surface area is 101 Å². The molecular weight excluding hydrogens is 216 g/mol. The molecule has 0 aliphatic carbocycles. The van der Waals surface area contributed by atoms with Gasteiger partial charge in [-0.1, -0.05) is 13.0 Å². The molecule has 0 aliphatic rings. The van der Waals surface area contributed by atoms with E-state index in [1.807, 2.05) is 24.1 Å². The molecule has 0 saturated carbocycles. The minimum absolute atomic E-state index is 0.201. The van der Waals surface area contributed by atoms with E-state index >= 15 is 0 Å². The predicted molar refractivity (Wildman–Crippen MR) is 65.9 cm³/mol. The number of carbonyl (C=O) groups excluding carboxylic acids is 1. The summed E-state index contributed by atoms with van der Waals surface area (Å²) >= 11 is 0. The fraction of sp³-hybridized carbons (Fsp3) is 0.333. The van der Waals surface area contributed by atoms with Crippen molar-refractivity contribution in [2.24, 2.45) is 11.8 Å². The van der Waals surface area contributed by atoms with E-state index in [0.717, 1.165) is 5.69 Å². The number of benzene rings is 1. The fourth-order valence-corrected chi connectivity index (χ4v) is 1.55. The van der Waals surface area contributed by atoms with E-state index in [9.17, 15) is 4.79 Å². The van der Waals surface area contributed by atoms with Gasteiger partial charge in [-0.15, -0.1) is 0 Å². The van der Waals surface area contributed by atoms with Gasteiger partial charge in [-0.05, 0) is 18.2 Å². The molecule has 0 heterocycles. The number of nitriles is 1. The number of hydrogen-bond acceptors (Lipinski definition) is 4. The van der Waals surface area contributed by atoms with Crippen molar-refractivity contribution in [2.45, 2.75) is 6.92 Å². The molecule has 0 aromatic heterocycles. The normalized spacial score (nSPS) is 11.4. The average Bonchev–Trinajstić information content (AvgIpc) is 2.37. The Kier molecular flexibility index (Phi) is 4.49. The number of hydrogen-bond donors (Lipinski definition) is 2. The van der Waals surface area contributed by atoms with Gasteiger partial charge >= 0.3 is 0 Å². The second-order valence-corrected chi connectivity index (χ2v) is 3.95. The average molecular weight is 232 g/mol. The van der Waals surface area contributed by atoms with Gasteiger partial charge in [0, 0.05) is 19.3 Å². The molecule has 17 heavy (non-hydrogen) atoms. The highest BCUT2D eigenvalue weighted by molar-refractivity contribution is 5.78. The van der Waals surface area contributed by atoms with Crippen molar-refractivity contribution < 1.29 is 4.79 Å². The van der Waals surface area contributed by atoms with Crippen LogP contribution in [0.15, 0.2) is 24.3 Å². The largest absolute Gasteiger partial charge is 0.374 e. The molecule has 3 N–H and O–H groups in total. The SMILES string of the molecule is CC(CN(C)c1cccc(C#N)c1)C(=O)NN. The van der Waals surface area contributed by atoms with Gasteiger partial charge in [0.1, 0.15) is 0 Å². The van der Waals surface area contributed by atoms with E-state index in [2.05, 4.69) is 11.5 Å². The third kappa shape index (κ3) is 3.47. The highest BCUT2D eigenvalue weighted by atomic mass is 16.2. The standard InChI is InChI=1S/C12H16N4O/c1-9(12(17)15-14)8-16(2)11-5-3-4-10(6-11)7-13/h3-6,9H,8,14H2,1-2H3,(H,15,17). The van der Waals surface area contributed by atoms with Gasteiger partial charge in [0.15, 0.2) is 0 Å². The van der Waals surface area contributed by atoms with Crippen LogP contribution in [0, 0.1) is 17.2 Å². The lowest BCUT2D eigenvalue weighted by atomic mass is 10.1. The summed E-state index contributed by atoms with van der Waals surface area (Å²) in [4.78, 5) is 13.2. The van der Waals surface area contributed by atoms with Gasteiger partial charge in [-0.3, -0.25) is 10.2 Å². The van der Waals surface area contributed by atoms with E-state index in [0.29, 0.717) is 12.1 Å². The second kappa shape index (κ2) is 5.87. The Morgan fingerprint density at radius 2 is 2.35 bits per heavy atom. The van der Waals surface area contributed by atoms with Crippen LogP contribution in [0.5, 0.6) is 0 Å². The Bertz CT molecular complexity index is 438. The predicted octanol–water partition coefficient (Wildman–Crippen LogP) is 0.620. The lowest BCUT2D eigenvalue weighted by Crippen LogP contribution is -2.39. The number of carbonyl (C=O) groups is 1. The van der Waals surface area contributed by atoms with E-state index < -0.39 is 0 Å². The number of nitrogens with one attached hydrogen (secondary N) is 1. The summed E-state index contributed by atoms with van der Waals surface area (Å²) in [6.07, 6.45) is 0. The number of rotatable bonds is 4. The smallest absolute Gasteiger partial charge is 0.238 e. The number of hydrazine groups is 1. The molecule has 0 aliphatic heterocycles. The van der Waals surface area contributed by atoms with Crippen LogP contribution in [-0.4, -0.2) is 19.5 Å². The monoisotopic (exact) mass is 232 g/mol. The summed E-state index contributed by atoms with van der Waals surface area (Å²) in [6, 6.07) is 9.33. The molecule has 1 amide bonds. The van der Waals surface area contributed by atoms with Crippen LogP contribution >= 0.6 is 0 Å². The Morgan fingerprint density at radius 3 is 2.94 bits per heavy atom. The first kappa shape index (κ1) is 13.0. The van der Waals surface area contributed by atoms with Gasteiger partial charge < -0.3 is 4.90 Å². The van der Waals surface area contributed by atoms with Crippen LogP contribution in [0.25, 0.3) is 0 Å². The third-order valence-corrected chi connectivity index (χ3v) is 2.55. The zero-order valence-electron chi connectivity index (χ0n) is 9.97. The van der Waals surface area contributed by atoms with Crippen molar-refractivity contribution in [3.05, 3.63) is 29.8 Å². The Hall–Kier alpha value is -2.06. The van der Waals surface area contributed by atoms with Crippen molar-refractivity contribution in [1.29, 1.82) is 5.26 Å². The van der Waals surface area contributed by atoms with Gasteiger partial charge in [0.25, 0.3) is 0 Å². The summed E-state index contributed by atoms with van der Waals surface area (Å²) < 4.78 is 0. The van der Waals surface area contributed by atoms with Crippen molar-refractivity contribution in [1.82, 2.24) is 5.43 Å². The van der Waals surface area contributed by atoms with Gasteiger partial charge in [0.05, 0.1) is 17.6 Å². The number of nitrogens with zero attached hydrogens (tertiary/aromatic N) is 2. The van der Waals surface area contributed by atoms with Crippen LogP contribution in [0.3, 0.4) is 0 Å². The quantitative estimate of drug-likeness (QED) is 0.453. The van der Waals surface area contributed by atoms with Crippen molar-refractivity contribution >= 4 is 11.6 Å². The minimum Gasteiger partial charge on any atom is -0.374 e. The van der Waals surface area contributed by atoms with E-state index in [1.165, 1.54) is 0 Å². The molecule has 1 atom stereocenters. The first-order valence-corrected chi connectivity index (χ1v) is 5.30. The molecule has 1 aromatic carbocycles. The molecule has 0 radical (unpaired) electrons. The molecule has 5 heteroatoms. The summed E-state index contributed by atoms with van der Waals surface area (Å²) in [7, 11) is 1.87. The Morgan fingerprint density at radius 1 is 1.65 bits per heavy atom. The first-order chi connectivity index (χ1) is 8.08. The zero-order chi connectivity index (χ0) is 12.8. The number of anilines is 1. The molecule has 0 bridgehead atoms. The van der Waals surface area contributed by atoms with Crippen LogP contribution in [-0.2, 0) is 4.79 Å². The van der Waals surface area contributed by atoms with Crippen LogP contribution in [0.2, 0.25) is 0 Å². The summed E-state index contributed by atoms with van der Waals surface area (Å²) in [6.45, 7) is 2.34. The van der Waals surface area contributed by atoms with Crippen LogP contribution < -0.4 is 16.2 Å². The van der Waals surface area contributed by atoms with E-state index in [-0.39, 0.29) is 11.8 Å². The zero-order valence-corrected chi connectivity index (χ0v) is 9.97. The number of nitrogens with two attached hydrogens (primary N) is 1. The molecule has 0 fully saturated rings. The molecule has 5 nitrogen and oxygen atoms in total. The van der Waals surface area contributed by atoms with E-state index in [4.69, 9.17) is 11.1 Å². The molecule has 90 valence electrons. The van der Waals surface area contributed by atoms with E-state index in [1.54, 1.807) is 19.1 Å². The molecule has 0 saturated heterocycles. The van der Waals surface area contributed by atoms with Gasteiger partial charge in [-0.25, -0.2) is 5.84 Å².